The van der Waals surface area contributed by atoms with Crippen molar-refractivity contribution in [2.24, 2.45) is 0 Å². The van der Waals surface area contributed by atoms with Gasteiger partial charge in [0, 0.05) is 15.6 Å². The Bertz CT molecular complexity index is 1050. The Hall–Kier alpha value is -2.11. The molecule has 0 fully saturated rings. The number of carbonyl (C=O) groups is 1. The summed E-state index contributed by atoms with van der Waals surface area (Å²) >= 11 is 15.1. The van der Waals surface area contributed by atoms with E-state index in [4.69, 9.17) is 23.2 Å². The summed E-state index contributed by atoms with van der Waals surface area (Å²) in [6.07, 6.45) is -3.27. The normalized spacial score (nSPS) is 11.7. The molecule has 3 aromatic rings. The van der Waals surface area contributed by atoms with Crippen LogP contribution in [0.1, 0.15) is 17.0 Å². The number of aromatic nitrogens is 5. The summed E-state index contributed by atoms with van der Waals surface area (Å²) < 4.78 is 40.9. The molecule has 1 aromatic carbocycles. The zero-order chi connectivity index (χ0) is 21.3. The molecule has 0 saturated carbocycles. The van der Waals surface area contributed by atoms with E-state index in [1.165, 1.54) is 17.9 Å². The van der Waals surface area contributed by atoms with Crippen molar-refractivity contribution in [2.75, 3.05) is 5.32 Å². The molecule has 0 aliphatic heterocycles. The minimum atomic E-state index is -4.63. The lowest BCUT2D eigenvalue weighted by molar-refractivity contribution is -0.142. The molecule has 154 valence electrons. The fourth-order valence-electron chi connectivity index (χ4n) is 2.43. The first-order valence-corrected chi connectivity index (χ1v) is 9.53. The van der Waals surface area contributed by atoms with Crippen molar-refractivity contribution >= 4 is 51.0 Å². The smallest absolute Gasteiger partial charge is 0.292 e. The van der Waals surface area contributed by atoms with Crippen molar-refractivity contribution in [1.82, 2.24) is 24.5 Å². The topological polar surface area (TPSA) is 77.6 Å². The summed E-state index contributed by atoms with van der Waals surface area (Å²) in [7, 11) is 0. The maximum Gasteiger partial charge on any atom is 0.436 e. The first-order valence-electron chi connectivity index (χ1n) is 7.98. The highest BCUT2D eigenvalue weighted by Gasteiger charge is 2.38. The lowest BCUT2D eigenvalue weighted by Crippen LogP contribution is -2.21. The first-order chi connectivity index (χ1) is 13.6. The van der Waals surface area contributed by atoms with Gasteiger partial charge in [-0.15, -0.1) is 5.10 Å². The van der Waals surface area contributed by atoms with Gasteiger partial charge in [-0.3, -0.25) is 14.8 Å². The third kappa shape index (κ3) is 4.90. The SMILES string of the molecule is Cc1c(Br)c(C(F)(F)F)nn1CC(=O)Nc1ncn(Cc2c(Cl)cccc2Cl)n1. The average molecular weight is 512 g/mol. The van der Waals surface area contributed by atoms with E-state index in [0.717, 1.165) is 4.68 Å². The number of alkyl halides is 3. The Labute approximate surface area is 180 Å². The van der Waals surface area contributed by atoms with Gasteiger partial charge in [-0.1, -0.05) is 29.3 Å². The molecule has 13 heteroatoms. The fourth-order valence-corrected chi connectivity index (χ4v) is 3.46. The molecule has 1 amide bonds. The lowest BCUT2D eigenvalue weighted by atomic mass is 10.2. The molecule has 0 saturated heterocycles. The molecule has 2 aromatic heterocycles. The van der Waals surface area contributed by atoms with Crippen LogP contribution in [0.4, 0.5) is 19.1 Å². The Kier molecular flexibility index (Phi) is 6.20. The number of nitrogens with zero attached hydrogens (tertiary/aromatic N) is 5. The standard InChI is InChI=1S/C16H12BrCl2F3N6O/c1-8-13(17)14(16(20,21)22)25-28(8)6-12(29)24-15-23-7-27(26-15)5-9-10(18)3-2-4-11(9)19/h2-4,7H,5-6H2,1H3,(H,24,26,29). The van der Waals surface area contributed by atoms with E-state index in [1.54, 1.807) is 18.2 Å². The molecule has 0 unspecified atom stereocenters. The molecule has 0 aliphatic rings. The van der Waals surface area contributed by atoms with Crippen LogP contribution in [0.5, 0.6) is 0 Å². The zero-order valence-corrected chi connectivity index (χ0v) is 17.7. The number of benzene rings is 1. The maximum atomic E-state index is 12.9. The molecular weight excluding hydrogens is 500 g/mol. The molecule has 0 spiro atoms. The predicted octanol–water partition coefficient (Wildman–Crippen LogP) is 4.56. The van der Waals surface area contributed by atoms with Crippen molar-refractivity contribution in [2.45, 2.75) is 26.2 Å². The second-order valence-corrected chi connectivity index (χ2v) is 7.52. The molecule has 0 atom stereocenters. The number of hydrogen-bond acceptors (Lipinski definition) is 4. The fraction of sp³-hybridized carbons (Fsp3) is 0.250. The maximum absolute atomic E-state index is 12.9. The quantitative estimate of drug-likeness (QED) is 0.544. The van der Waals surface area contributed by atoms with E-state index in [9.17, 15) is 18.0 Å². The molecular formula is C16H12BrCl2F3N6O. The van der Waals surface area contributed by atoms with Gasteiger partial charge in [0.2, 0.25) is 11.9 Å². The van der Waals surface area contributed by atoms with Crippen LogP contribution in [0, 0.1) is 6.92 Å². The molecule has 0 aliphatic carbocycles. The Morgan fingerprint density at radius 1 is 1.24 bits per heavy atom. The molecule has 2 heterocycles. The second kappa shape index (κ2) is 8.33. The summed E-state index contributed by atoms with van der Waals surface area (Å²) in [6.45, 7) is 1.20. The minimum Gasteiger partial charge on any atom is -0.292 e. The predicted molar refractivity (Wildman–Crippen MR) is 104 cm³/mol. The van der Waals surface area contributed by atoms with Gasteiger partial charge < -0.3 is 0 Å². The van der Waals surface area contributed by atoms with Crippen LogP contribution >= 0.6 is 39.1 Å². The third-order valence-corrected chi connectivity index (χ3v) is 5.52. The van der Waals surface area contributed by atoms with Crippen LogP contribution in [-0.2, 0) is 24.1 Å². The average Bonchev–Trinajstić information content (AvgIpc) is 3.17. The number of anilines is 1. The van der Waals surface area contributed by atoms with E-state index in [-0.39, 0.29) is 22.7 Å². The summed E-state index contributed by atoms with van der Waals surface area (Å²) in [5.41, 5.74) is -0.295. The van der Waals surface area contributed by atoms with Crippen LogP contribution in [0.25, 0.3) is 0 Å². The van der Waals surface area contributed by atoms with Crippen molar-refractivity contribution < 1.29 is 18.0 Å². The summed E-state index contributed by atoms with van der Waals surface area (Å²) in [4.78, 5) is 16.1. The van der Waals surface area contributed by atoms with Crippen LogP contribution < -0.4 is 5.32 Å². The number of amides is 1. The Balaban J connectivity index is 1.68. The van der Waals surface area contributed by atoms with Crippen LogP contribution in [0.15, 0.2) is 29.0 Å². The lowest BCUT2D eigenvalue weighted by Gasteiger charge is -2.06. The van der Waals surface area contributed by atoms with Gasteiger partial charge in [-0.2, -0.15) is 18.3 Å². The van der Waals surface area contributed by atoms with Crippen molar-refractivity contribution in [3.63, 3.8) is 0 Å². The van der Waals surface area contributed by atoms with Crippen molar-refractivity contribution in [1.29, 1.82) is 0 Å². The Morgan fingerprint density at radius 2 is 1.90 bits per heavy atom. The molecule has 29 heavy (non-hydrogen) atoms. The van der Waals surface area contributed by atoms with Crippen molar-refractivity contribution in [3.8, 4) is 0 Å². The highest BCUT2D eigenvalue weighted by atomic mass is 79.9. The summed E-state index contributed by atoms with van der Waals surface area (Å²) in [5, 5.41) is 10.9. The van der Waals surface area contributed by atoms with E-state index in [0.29, 0.717) is 15.6 Å². The molecule has 0 bridgehead atoms. The van der Waals surface area contributed by atoms with Crippen molar-refractivity contribution in [3.05, 3.63) is 56.0 Å². The van der Waals surface area contributed by atoms with Gasteiger partial charge in [0.05, 0.1) is 16.7 Å². The van der Waals surface area contributed by atoms with E-state index in [2.05, 4.69) is 36.4 Å². The van der Waals surface area contributed by atoms with Gasteiger partial charge in [0.15, 0.2) is 5.69 Å². The van der Waals surface area contributed by atoms with Gasteiger partial charge in [0.25, 0.3) is 0 Å². The Morgan fingerprint density at radius 3 is 2.48 bits per heavy atom. The van der Waals surface area contributed by atoms with Gasteiger partial charge in [0.1, 0.15) is 12.9 Å². The van der Waals surface area contributed by atoms with Crippen LogP contribution in [0.3, 0.4) is 0 Å². The van der Waals surface area contributed by atoms with Gasteiger partial charge in [-0.25, -0.2) is 9.67 Å². The number of nitrogens with one attached hydrogen (secondary N) is 1. The number of hydrogen-bond donors (Lipinski definition) is 1. The van der Waals surface area contributed by atoms with Gasteiger partial charge in [-0.05, 0) is 35.0 Å². The highest BCUT2D eigenvalue weighted by Crippen LogP contribution is 2.35. The second-order valence-electron chi connectivity index (χ2n) is 5.92. The van der Waals surface area contributed by atoms with E-state index >= 15 is 0 Å². The third-order valence-electron chi connectivity index (χ3n) is 3.86. The molecule has 7 nitrogen and oxygen atoms in total. The highest BCUT2D eigenvalue weighted by molar-refractivity contribution is 9.10. The monoisotopic (exact) mass is 510 g/mol. The van der Waals surface area contributed by atoms with Crippen LogP contribution in [0.2, 0.25) is 10.0 Å². The number of carbonyl (C=O) groups excluding carboxylic acids is 1. The largest absolute Gasteiger partial charge is 0.436 e. The number of rotatable bonds is 5. The van der Waals surface area contributed by atoms with E-state index in [1.807, 2.05) is 0 Å². The van der Waals surface area contributed by atoms with E-state index < -0.39 is 24.3 Å². The van der Waals surface area contributed by atoms with Crippen LogP contribution in [-0.4, -0.2) is 30.5 Å². The first kappa shape index (κ1) is 21.6. The minimum absolute atomic E-state index is 0.0157. The van der Waals surface area contributed by atoms with Gasteiger partial charge >= 0.3 is 6.18 Å². The summed E-state index contributed by atoms with van der Waals surface area (Å²) in [6, 6.07) is 5.07. The number of halogens is 6. The molecule has 0 radical (unpaired) electrons. The zero-order valence-electron chi connectivity index (χ0n) is 14.6. The molecule has 3 rings (SSSR count). The molecule has 1 N–H and O–H groups in total. The summed E-state index contributed by atoms with van der Waals surface area (Å²) in [5.74, 6) is -0.650.